The number of aromatic nitrogens is 3. The molecule has 0 atom stereocenters. The van der Waals surface area contributed by atoms with Crippen molar-refractivity contribution >= 4 is 39.1 Å². The molecule has 0 saturated carbocycles. The third kappa shape index (κ3) is 4.13. The minimum Gasteiger partial charge on any atom is -0.497 e. The number of halogens is 1. The lowest BCUT2D eigenvalue weighted by molar-refractivity contribution is 0.102. The number of ketones is 1. The second-order valence-electron chi connectivity index (χ2n) is 6.22. The van der Waals surface area contributed by atoms with Crippen molar-refractivity contribution in [3.8, 4) is 17.0 Å². The first-order valence-corrected chi connectivity index (χ1v) is 10.5. The van der Waals surface area contributed by atoms with Crippen molar-refractivity contribution in [2.45, 2.75) is 11.9 Å². The van der Waals surface area contributed by atoms with Crippen LogP contribution in [0, 0.1) is 12.7 Å². The van der Waals surface area contributed by atoms with Crippen LogP contribution < -0.4 is 4.74 Å². The molecule has 0 aliphatic carbocycles. The van der Waals surface area contributed by atoms with E-state index in [9.17, 15) is 9.18 Å². The average Bonchev–Trinajstić information content (AvgIpc) is 3.14. The van der Waals surface area contributed by atoms with Gasteiger partial charge in [0.05, 0.1) is 22.6 Å². The van der Waals surface area contributed by atoms with Gasteiger partial charge < -0.3 is 4.74 Å². The van der Waals surface area contributed by atoms with E-state index < -0.39 is 0 Å². The van der Waals surface area contributed by atoms with Crippen molar-refractivity contribution in [1.82, 2.24) is 15.2 Å². The molecule has 0 bridgehead atoms. The van der Waals surface area contributed by atoms with Gasteiger partial charge in [-0.1, -0.05) is 23.9 Å². The molecule has 0 aliphatic heterocycles. The first-order chi connectivity index (χ1) is 14.0. The Morgan fingerprint density at radius 1 is 1.17 bits per heavy atom. The Bertz CT molecular complexity index is 1190. The molecule has 29 heavy (non-hydrogen) atoms. The van der Waals surface area contributed by atoms with E-state index in [1.54, 1.807) is 43.5 Å². The standard InChI is InChI=1S/C21H16FN3O2S2/c1-12-23-19-20(29-12)18(13-6-8-15(22)9-7-13)24-25-21(19)28-11-17(26)14-4-3-5-16(10-14)27-2/h3-10H,11H2,1-2H3. The summed E-state index contributed by atoms with van der Waals surface area (Å²) < 4.78 is 19.3. The number of methoxy groups -OCH3 is 1. The zero-order valence-electron chi connectivity index (χ0n) is 15.7. The number of benzene rings is 2. The molecule has 0 aliphatic rings. The Balaban J connectivity index is 1.62. The number of hydrogen-bond acceptors (Lipinski definition) is 7. The predicted octanol–water partition coefficient (Wildman–Crippen LogP) is 5.18. The predicted molar refractivity (Wildman–Crippen MR) is 113 cm³/mol. The Morgan fingerprint density at radius 2 is 1.97 bits per heavy atom. The molecule has 0 unspecified atom stereocenters. The van der Waals surface area contributed by atoms with E-state index >= 15 is 0 Å². The highest BCUT2D eigenvalue weighted by Gasteiger charge is 2.17. The van der Waals surface area contributed by atoms with E-state index in [4.69, 9.17) is 4.74 Å². The summed E-state index contributed by atoms with van der Waals surface area (Å²) >= 11 is 2.81. The fourth-order valence-electron chi connectivity index (χ4n) is 2.83. The van der Waals surface area contributed by atoms with Gasteiger partial charge in [-0.25, -0.2) is 9.37 Å². The van der Waals surface area contributed by atoms with Crippen molar-refractivity contribution < 1.29 is 13.9 Å². The van der Waals surface area contributed by atoms with E-state index in [-0.39, 0.29) is 17.4 Å². The van der Waals surface area contributed by atoms with E-state index in [1.165, 1.54) is 35.2 Å². The number of aryl methyl sites for hydroxylation is 1. The highest BCUT2D eigenvalue weighted by atomic mass is 32.2. The Labute approximate surface area is 175 Å². The summed E-state index contributed by atoms with van der Waals surface area (Å²) in [5.41, 5.74) is 2.73. The van der Waals surface area contributed by atoms with Crippen LogP contribution in [-0.2, 0) is 0 Å². The number of Topliss-reactive ketones (excluding diaryl/α,β-unsaturated/α-hetero) is 1. The van der Waals surface area contributed by atoms with Crippen LogP contribution in [0.5, 0.6) is 5.75 Å². The fourth-order valence-corrected chi connectivity index (χ4v) is 4.64. The summed E-state index contributed by atoms with van der Waals surface area (Å²) in [5.74, 6) is 0.519. The molecule has 4 aromatic rings. The van der Waals surface area contributed by atoms with Crippen molar-refractivity contribution in [3.63, 3.8) is 0 Å². The number of carbonyl (C=O) groups excluding carboxylic acids is 1. The quantitative estimate of drug-likeness (QED) is 0.313. The number of hydrogen-bond donors (Lipinski definition) is 0. The maximum atomic E-state index is 13.3. The molecule has 0 saturated heterocycles. The normalized spacial score (nSPS) is 11.0. The SMILES string of the molecule is COc1cccc(C(=O)CSc2nnc(-c3ccc(F)cc3)c3sc(C)nc23)c1. The number of ether oxygens (including phenoxy) is 1. The largest absolute Gasteiger partial charge is 0.497 e. The van der Waals surface area contributed by atoms with Crippen molar-refractivity contribution in [2.75, 3.05) is 12.9 Å². The minimum atomic E-state index is -0.304. The van der Waals surface area contributed by atoms with E-state index in [2.05, 4.69) is 15.2 Å². The summed E-state index contributed by atoms with van der Waals surface area (Å²) in [6.07, 6.45) is 0. The van der Waals surface area contributed by atoms with Crippen LogP contribution in [0.25, 0.3) is 21.5 Å². The lowest BCUT2D eigenvalue weighted by Gasteiger charge is -2.06. The number of carbonyl (C=O) groups is 1. The number of thiazole rings is 1. The number of rotatable bonds is 6. The molecule has 2 aromatic heterocycles. The van der Waals surface area contributed by atoms with Crippen molar-refractivity contribution in [2.24, 2.45) is 0 Å². The van der Waals surface area contributed by atoms with Gasteiger partial charge >= 0.3 is 0 Å². The van der Waals surface area contributed by atoms with Crippen LogP contribution in [0.15, 0.2) is 53.6 Å². The van der Waals surface area contributed by atoms with Gasteiger partial charge in [-0.15, -0.1) is 21.5 Å². The van der Waals surface area contributed by atoms with Gasteiger partial charge in [0.2, 0.25) is 0 Å². The maximum absolute atomic E-state index is 13.3. The molecule has 0 spiro atoms. The zero-order valence-corrected chi connectivity index (χ0v) is 17.3. The van der Waals surface area contributed by atoms with Crippen LogP contribution in [-0.4, -0.2) is 33.8 Å². The molecule has 146 valence electrons. The van der Waals surface area contributed by atoms with Gasteiger partial charge in [0.1, 0.15) is 27.8 Å². The average molecular weight is 426 g/mol. The van der Waals surface area contributed by atoms with Gasteiger partial charge in [-0.05, 0) is 43.3 Å². The van der Waals surface area contributed by atoms with Crippen molar-refractivity contribution in [1.29, 1.82) is 0 Å². The Morgan fingerprint density at radius 3 is 2.72 bits per heavy atom. The molecule has 0 radical (unpaired) electrons. The molecule has 0 amide bonds. The molecule has 2 aromatic carbocycles. The first kappa shape index (κ1) is 19.5. The first-order valence-electron chi connectivity index (χ1n) is 8.75. The van der Waals surface area contributed by atoms with Crippen LogP contribution >= 0.6 is 23.1 Å². The smallest absolute Gasteiger partial charge is 0.173 e. The van der Waals surface area contributed by atoms with Crippen LogP contribution in [0.1, 0.15) is 15.4 Å². The number of nitrogens with zero attached hydrogens (tertiary/aromatic N) is 3. The third-order valence-corrected chi connectivity index (χ3v) is 6.17. The topological polar surface area (TPSA) is 65.0 Å². The number of fused-ring (bicyclic) bond motifs is 1. The van der Waals surface area contributed by atoms with Crippen LogP contribution in [0.4, 0.5) is 4.39 Å². The van der Waals surface area contributed by atoms with Crippen molar-refractivity contribution in [3.05, 3.63) is 64.9 Å². The van der Waals surface area contributed by atoms with Crippen LogP contribution in [0.3, 0.4) is 0 Å². The molecular weight excluding hydrogens is 409 g/mol. The maximum Gasteiger partial charge on any atom is 0.173 e. The van der Waals surface area contributed by atoms with Gasteiger partial charge in [0.25, 0.3) is 0 Å². The molecule has 2 heterocycles. The highest BCUT2D eigenvalue weighted by molar-refractivity contribution is 8.00. The van der Waals surface area contributed by atoms with Gasteiger partial charge in [0, 0.05) is 11.1 Å². The monoisotopic (exact) mass is 425 g/mol. The summed E-state index contributed by atoms with van der Waals surface area (Å²) in [5, 5.41) is 10.1. The minimum absolute atomic E-state index is 0.0292. The van der Waals surface area contributed by atoms with Gasteiger partial charge in [-0.3, -0.25) is 4.79 Å². The fraction of sp³-hybridized carbons (Fsp3) is 0.143. The Hall–Kier alpha value is -2.84. The summed E-state index contributed by atoms with van der Waals surface area (Å²) in [7, 11) is 1.57. The van der Waals surface area contributed by atoms with Gasteiger partial charge in [0.15, 0.2) is 5.78 Å². The van der Waals surface area contributed by atoms with E-state index in [0.717, 1.165) is 15.3 Å². The molecule has 0 fully saturated rings. The summed E-state index contributed by atoms with van der Waals surface area (Å²) in [6, 6.07) is 13.2. The van der Waals surface area contributed by atoms with Crippen LogP contribution in [0.2, 0.25) is 0 Å². The van der Waals surface area contributed by atoms with E-state index in [0.29, 0.717) is 27.5 Å². The second-order valence-corrected chi connectivity index (χ2v) is 8.38. The summed E-state index contributed by atoms with van der Waals surface area (Å²) in [4.78, 5) is 17.2. The summed E-state index contributed by atoms with van der Waals surface area (Å²) in [6.45, 7) is 1.91. The molecule has 0 N–H and O–H groups in total. The molecular formula is C21H16FN3O2S2. The lowest BCUT2D eigenvalue weighted by atomic mass is 10.1. The molecule has 5 nitrogen and oxygen atoms in total. The zero-order chi connectivity index (χ0) is 20.4. The highest BCUT2D eigenvalue weighted by Crippen LogP contribution is 2.35. The van der Waals surface area contributed by atoms with E-state index in [1.807, 2.05) is 6.92 Å². The van der Waals surface area contributed by atoms with Gasteiger partial charge in [-0.2, -0.15) is 0 Å². The second kappa shape index (κ2) is 8.26. The number of thioether (sulfide) groups is 1. The molecule has 8 heteroatoms. The third-order valence-electron chi connectivity index (χ3n) is 4.24. The molecule has 4 rings (SSSR count). The lowest BCUT2D eigenvalue weighted by Crippen LogP contribution is -2.03. The Kier molecular flexibility index (Phi) is 5.55.